The van der Waals surface area contributed by atoms with E-state index in [9.17, 15) is 22.4 Å². The Hall–Kier alpha value is -3.03. The number of piperazine rings is 1. The number of carbonyl (C=O) groups excluding carboxylic acids is 2. The van der Waals surface area contributed by atoms with Gasteiger partial charge in [0.25, 0.3) is 10.1 Å². The zero-order valence-corrected chi connectivity index (χ0v) is 26.2. The summed E-state index contributed by atoms with van der Waals surface area (Å²) in [6.07, 6.45) is 8.64. The average Bonchev–Trinajstić information content (AvgIpc) is 3.61. The van der Waals surface area contributed by atoms with E-state index < -0.39 is 15.9 Å². The van der Waals surface area contributed by atoms with Gasteiger partial charge in [-0.15, -0.1) is 0 Å². The van der Waals surface area contributed by atoms with Gasteiger partial charge < -0.3 is 19.4 Å². The number of hydrogen-bond donors (Lipinski definition) is 1. The predicted octanol–water partition coefficient (Wildman–Crippen LogP) is 3.76. The van der Waals surface area contributed by atoms with E-state index in [2.05, 4.69) is 14.9 Å². The molecule has 0 unspecified atom stereocenters. The molecule has 2 bridgehead atoms. The number of carbonyl (C=O) groups is 2. The average molecular weight is 652 g/mol. The molecular formula is C30H39ClFN5O6S. The van der Waals surface area contributed by atoms with Crippen molar-refractivity contribution in [2.75, 3.05) is 43.4 Å². The van der Waals surface area contributed by atoms with Gasteiger partial charge in [-0.3, -0.25) is 14.1 Å². The van der Waals surface area contributed by atoms with E-state index in [0.29, 0.717) is 60.7 Å². The second kappa shape index (κ2) is 14.4. The first kappa shape index (κ1) is 32.4. The highest BCUT2D eigenvalue weighted by atomic mass is 35.5. The molecule has 2 aromatic rings. The topological polar surface area (TPSA) is 133 Å². The lowest BCUT2D eigenvalue weighted by atomic mass is 9.92. The van der Waals surface area contributed by atoms with Crippen molar-refractivity contribution >= 4 is 39.5 Å². The molecule has 3 saturated heterocycles. The Morgan fingerprint density at radius 1 is 1.02 bits per heavy atom. The van der Waals surface area contributed by atoms with Gasteiger partial charge in [0.2, 0.25) is 17.8 Å². The SMILES string of the molecule is O=C(CCCCS(=O)(=O)O)N1C[C@@H]2C[C@H]1CN2C(=O)Cc1ccc(OCCCC2CCN(c3ncc(Cl)cn3)CC2)cc1F. The highest BCUT2D eigenvalue weighted by Gasteiger charge is 2.46. The summed E-state index contributed by atoms with van der Waals surface area (Å²) in [5.74, 6) is 0.673. The third kappa shape index (κ3) is 8.57. The van der Waals surface area contributed by atoms with Crippen LogP contribution in [0.1, 0.15) is 56.9 Å². The lowest BCUT2D eigenvalue weighted by Crippen LogP contribution is -2.51. The largest absolute Gasteiger partial charge is 0.493 e. The van der Waals surface area contributed by atoms with Crippen LogP contribution < -0.4 is 9.64 Å². The van der Waals surface area contributed by atoms with E-state index in [1.54, 1.807) is 34.3 Å². The Bertz CT molecular complexity index is 1420. The standard InChI is InChI=1S/C30H39ClFN5O6S/c31-23-17-33-30(34-18-23)35-10-8-21(9-11-35)4-3-12-43-26-7-6-22(27(32)16-26)14-29(39)37-20-24-15-25(37)19-36(24)28(38)5-1-2-13-44(40,41)42/h6-7,16-18,21,24-25H,1-5,8-15,19-20H2,(H,40,41,42)/t24-,25-/m0/s1. The zero-order valence-electron chi connectivity index (χ0n) is 24.6. The van der Waals surface area contributed by atoms with Crippen molar-refractivity contribution in [1.82, 2.24) is 19.8 Å². The summed E-state index contributed by atoms with van der Waals surface area (Å²) in [6.45, 7) is 3.13. The van der Waals surface area contributed by atoms with Crippen molar-refractivity contribution in [1.29, 1.82) is 0 Å². The summed E-state index contributed by atoms with van der Waals surface area (Å²) in [4.78, 5) is 39.9. The lowest BCUT2D eigenvalue weighted by Gasteiger charge is -2.34. The number of halogens is 2. The van der Waals surface area contributed by atoms with E-state index in [4.69, 9.17) is 20.9 Å². The number of fused-ring (bicyclic) bond motifs is 2. The molecule has 0 saturated carbocycles. The molecule has 0 aliphatic carbocycles. The van der Waals surface area contributed by atoms with Crippen LogP contribution >= 0.6 is 11.6 Å². The maximum atomic E-state index is 14.9. The summed E-state index contributed by atoms with van der Waals surface area (Å²) < 4.78 is 51.2. The maximum absolute atomic E-state index is 14.9. The van der Waals surface area contributed by atoms with Gasteiger partial charge in [-0.2, -0.15) is 8.42 Å². The van der Waals surface area contributed by atoms with Gasteiger partial charge in [0.05, 0.1) is 48.3 Å². The van der Waals surface area contributed by atoms with Crippen LogP contribution in [0.2, 0.25) is 5.02 Å². The van der Waals surface area contributed by atoms with E-state index in [0.717, 1.165) is 38.8 Å². The number of hydrogen-bond acceptors (Lipinski definition) is 8. The first-order chi connectivity index (χ1) is 21.1. The van der Waals surface area contributed by atoms with Crippen molar-refractivity contribution in [3.05, 3.63) is 47.0 Å². The monoisotopic (exact) mass is 651 g/mol. The number of rotatable bonds is 13. The summed E-state index contributed by atoms with van der Waals surface area (Å²) >= 11 is 5.88. The van der Waals surface area contributed by atoms with Crippen LogP contribution in [0, 0.1) is 11.7 Å². The summed E-state index contributed by atoms with van der Waals surface area (Å²) in [5, 5.41) is 0.525. The van der Waals surface area contributed by atoms with Crippen molar-refractivity contribution in [3.63, 3.8) is 0 Å². The molecule has 1 aromatic heterocycles. The minimum Gasteiger partial charge on any atom is -0.493 e. The highest BCUT2D eigenvalue weighted by molar-refractivity contribution is 7.85. The minimum absolute atomic E-state index is 0.0569. The van der Waals surface area contributed by atoms with Crippen molar-refractivity contribution in [2.45, 2.75) is 69.9 Å². The lowest BCUT2D eigenvalue weighted by molar-refractivity contribution is -0.139. The zero-order chi connectivity index (χ0) is 31.3. The third-order valence-electron chi connectivity index (χ3n) is 8.82. The first-order valence-electron chi connectivity index (χ1n) is 15.2. The van der Waals surface area contributed by atoms with Crippen LogP contribution in [0.25, 0.3) is 0 Å². The molecule has 1 aromatic carbocycles. The molecule has 2 amide bonds. The second-order valence-electron chi connectivity index (χ2n) is 11.9. The fraction of sp³-hybridized carbons (Fsp3) is 0.600. The number of ether oxygens (including phenoxy) is 1. The maximum Gasteiger partial charge on any atom is 0.264 e. The number of piperidine rings is 1. The fourth-order valence-corrected chi connectivity index (χ4v) is 7.13. The minimum atomic E-state index is -4.03. The van der Waals surface area contributed by atoms with E-state index >= 15 is 0 Å². The predicted molar refractivity (Wildman–Crippen MR) is 163 cm³/mol. The van der Waals surface area contributed by atoms with Crippen LogP contribution in [0.4, 0.5) is 10.3 Å². The molecule has 11 nitrogen and oxygen atoms in total. The smallest absolute Gasteiger partial charge is 0.264 e. The number of unbranched alkanes of at least 4 members (excludes halogenated alkanes) is 1. The van der Waals surface area contributed by atoms with Gasteiger partial charge in [-0.05, 0) is 62.5 Å². The molecule has 3 aliphatic heterocycles. The number of nitrogens with zero attached hydrogens (tertiary/aromatic N) is 5. The molecule has 1 N–H and O–H groups in total. The summed E-state index contributed by atoms with van der Waals surface area (Å²) in [5.41, 5.74) is 0.313. The third-order valence-corrected chi connectivity index (χ3v) is 9.82. The van der Waals surface area contributed by atoms with E-state index in [-0.39, 0.29) is 48.9 Å². The Morgan fingerprint density at radius 2 is 1.70 bits per heavy atom. The normalized spacial score (nSPS) is 20.4. The van der Waals surface area contributed by atoms with E-state index in [1.807, 2.05) is 0 Å². The van der Waals surface area contributed by atoms with Crippen molar-refractivity contribution < 1.29 is 31.7 Å². The molecule has 0 spiro atoms. The number of likely N-dealkylation sites (tertiary alicyclic amines) is 2. The van der Waals surface area contributed by atoms with Gasteiger partial charge in [0.15, 0.2) is 0 Å². The summed E-state index contributed by atoms with van der Waals surface area (Å²) in [7, 11) is -4.03. The Labute approximate surface area is 262 Å². The molecule has 3 aliphatic rings. The fourth-order valence-electron chi connectivity index (χ4n) is 6.46. The first-order valence-corrected chi connectivity index (χ1v) is 17.2. The van der Waals surface area contributed by atoms with Gasteiger partial charge >= 0.3 is 0 Å². The van der Waals surface area contributed by atoms with Gasteiger partial charge in [-0.1, -0.05) is 17.7 Å². The molecule has 0 radical (unpaired) electrons. The molecule has 3 fully saturated rings. The highest BCUT2D eigenvalue weighted by Crippen LogP contribution is 2.32. The van der Waals surface area contributed by atoms with Gasteiger partial charge in [-0.25, -0.2) is 14.4 Å². The van der Waals surface area contributed by atoms with Crippen LogP contribution in [-0.2, 0) is 26.1 Å². The molecule has 44 heavy (non-hydrogen) atoms. The molecule has 5 rings (SSSR count). The second-order valence-corrected chi connectivity index (χ2v) is 13.9. The molecule has 4 heterocycles. The van der Waals surface area contributed by atoms with Crippen LogP contribution in [-0.4, -0.2) is 95.2 Å². The van der Waals surface area contributed by atoms with Crippen LogP contribution in [0.15, 0.2) is 30.6 Å². The molecule has 240 valence electrons. The number of amides is 2. The van der Waals surface area contributed by atoms with Crippen molar-refractivity contribution in [2.24, 2.45) is 5.92 Å². The number of anilines is 1. The molecular weight excluding hydrogens is 613 g/mol. The number of benzene rings is 1. The molecule has 14 heteroatoms. The van der Waals surface area contributed by atoms with E-state index in [1.165, 1.54) is 6.07 Å². The Kier molecular flexibility index (Phi) is 10.6. The van der Waals surface area contributed by atoms with Gasteiger partial charge in [0.1, 0.15) is 11.6 Å². The quantitative estimate of drug-likeness (QED) is 0.254. The van der Waals surface area contributed by atoms with Gasteiger partial charge in [0, 0.05) is 38.7 Å². The van der Waals surface area contributed by atoms with Crippen LogP contribution in [0.3, 0.4) is 0 Å². The Morgan fingerprint density at radius 3 is 2.34 bits per heavy atom. The summed E-state index contributed by atoms with van der Waals surface area (Å²) in [6, 6.07) is 4.47. The number of aromatic nitrogens is 2. The van der Waals surface area contributed by atoms with Crippen molar-refractivity contribution in [3.8, 4) is 5.75 Å². The molecule has 2 atom stereocenters. The Balaban J connectivity index is 0.992. The van der Waals surface area contributed by atoms with Crippen LogP contribution in [0.5, 0.6) is 5.75 Å².